The Labute approximate surface area is 205 Å². The smallest absolute Gasteiger partial charge is 0.161 e. The first kappa shape index (κ1) is 23.5. The molecule has 1 heterocycles. The van der Waals surface area contributed by atoms with Gasteiger partial charge in [-0.3, -0.25) is 4.79 Å². The van der Waals surface area contributed by atoms with Crippen molar-refractivity contribution in [3.8, 4) is 0 Å². The van der Waals surface area contributed by atoms with Gasteiger partial charge in [0.1, 0.15) is 12.1 Å². The Morgan fingerprint density at radius 2 is 1.74 bits per heavy atom. The molecule has 4 saturated carbocycles. The summed E-state index contributed by atoms with van der Waals surface area (Å²) in [6.45, 7) is 6.88. The highest BCUT2D eigenvalue weighted by Gasteiger charge is 2.61. The van der Waals surface area contributed by atoms with Crippen LogP contribution in [0.15, 0.2) is 12.1 Å². The van der Waals surface area contributed by atoms with Crippen LogP contribution in [0.1, 0.15) is 78.6 Å². The van der Waals surface area contributed by atoms with Crippen LogP contribution in [-0.2, 0) is 11.3 Å². The normalized spacial score (nSPS) is 43.0. The molecular formula is C28H37F2N3O2. The molecule has 0 amide bonds. The molecule has 0 spiro atoms. The Morgan fingerprint density at radius 1 is 1.00 bits per heavy atom. The number of aromatic nitrogens is 3. The molecule has 1 aromatic carbocycles. The maximum absolute atomic E-state index is 13.8. The summed E-state index contributed by atoms with van der Waals surface area (Å²) in [4.78, 5) is 13.6. The van der Waals surface area contributed by atoms with E-state index >= 15 is 0 Å². The van der Waals surface area contributed by atoms with Gasteiger partial charge in [0.05, 0.1) is 11.1 Å². The van der Waals surface area contributed by atoms with Crippen LogP contribution in [0.5, 0.6) is 0 Å². The first-order valence-electron chi connectivity index (χ1n) is 13.5. The van der Waals surface area contributed by atoms with E-state index in [0.717, 1.165) is 57.1 Å². The van der Waals surface area contributed by atoms with Gasteiger partial charge >= 0.3 is 0 Å². The van der Waals surface area contributed by atoms with Gasteiger partial charge in [-0.1, -0.05) is 19.1 Å². The highest BCUT2D eigenvalue weighted by Crippen LogP contribution is 2.68. The Bertz CT molecular complexity index is 1180. The summed E-state index contributed by atoms with van der Waals surface area (Å²) in [5, 5.41) is 18.7. The molecule has 0 radical (unpaired) electrons. The fourth-order valence-corrected chi connectivity index (χ4v) is 9.30. The molecule has 35 heavy (non-hydrogen) atoms. The third-order valence-electron chi connectivity index (χ3n) is 11.2. The molecule has 0 aliphatic heterocycles. The second-order valence-electron chi connectivity index (χ2n) is 13.0. The molecule has 8 atom stereocenters. The molecule has 4 aliphatic rings. The number of hydrogen-bond acceptors (Lipinski definition) is 4. The van der Waals surface area contributed by atoms with Crippen molar-refractivity contribution >= 4 is 16.8 Å². The lowest BCUT2D eigenvalue weighted by Crippen LogP contribution is -2.55. The Kier molecular flexibility index (Phi) is 5.24. The number of rotatable bonds is 3. The molecule has 1 N–H and O–H groups in total. The summed E-state index contributed by atoms with van der Waals surface area (Å²) in [5.74, 6) is 0.684. The minimum Gasteiger partial charge on any atom is -0.390 e. The number of aliphatic hydroxyl groups is 1. The van der Waals surface area contributed by atoms with Crippen LogP contribution in [0.25, 0.3) is 11.0 Å². The molecule has 6 rings (SSSR count). The lowest BCUT2D eigenvalue weighted by Gasteiger charge is -2.61. The predicted molar refractivity (Wildman–Crippen MR) is 128 cm³/mol. The Balaban J connectivity index is 1.22. The molecule has 4 fully saturated rings. The zero-order valence-electron chi connectivity index (χ0n) is 21.1. The van der Waals surface area contributed by atoms with Crippen LogP contribution in [0, 0.1) is 52.1 Å². The zero-order chi connectivity index (χ0) is 24.8. The van der Waals surface area contributed by atoms with E-state index in [1.807, 2.05) is 6.92 Å². The van der Waals surface area contributed by atoms with Crippen molar-refractivity contribution < 1.29 is 18.7 Å². The van der Waals surface area contributed by atoms with Gasteiger partial charge in [0.2, 0.25) is 0 Å². The minimum atomic E-state index is -0.955. The number of benzene rings is 1. The van der Waals surface area contributed by atoms with Gasteiger partial charge in [0.25, 0.3) is 0 Å². The number of carbonyl (C=O) groups is 1. The summed E-state index contributed by atoms with van der Waals surface area (Å²) >= 11 is 0. The summed E-state index contributed by atoms with van der Waals surface area (Å²) in [7, 11) is 0. The number of halogens is 2. The van der Waals surface area contributed by atoms with Crippen molar-refractivity contribution in [2.75, 3.05) is 0 Å². The molecule has 1 aromatic heterocycles. The average molecular weight is 486 g/mol. The van der Waals surface area contributed by atoms with Crippen LogP contribution in [0.3, 0.4) is 0 Å². The molecular weight excluding hydrogens is 448 g/mol. The summed E-state index contributed by atoms with van der Waals surface area (Å²) in [5.41, 5.74) is 0.387. The summed E-state index contributed by atoms with van der Waals surface area (Å²) in [6.07, 6.45) is 9.52. The second kappa shape index (κ2) is 7.80. The number of carbonyl (C=O) groups excluding carboxylic acids is 1. The van der Waals surface area contributed by atoms with E-state index < -0.39 is 17.2 Å². The maximum atomic E-state index is 13.8. The Hall–Kier alpha value is -1.89. The van der Waals surface area contributed by atoms with Crippen molar-refractivity contribution in [3.63, 3.8) is 0 Å². The van der Waals surface area contributed by atoms with E-state index in [9.17, 15) is 18.7 Å². The van der Waals surface area contributed by atoms with Gasteiger partial charge in [-0.25, -0.2) is 13.5 Å². The fourth-order valence-electron chi connectivity index (χ4n) is 9.30. The summed E-state index contributed by atoms with van der Waals surface area (Å²) < 4.78 is 28.8. The van der Waals surface area contributed by atoms with Crippen molar-refractivity contribution in [2.45, 2.75) is 90.7 Å². The highest BCUT2D eigenvalue weighted by atomic mass is 19.2. The van der Waals surface area contributed by atoms with Crippen LogP contribution >= 0.6 is 0 Å². The number of Topliss-reactive ketones (excluding diaryl/α,β-unsaturated/α-hetero) is 1. The lowest BCUT2D eigenvalue weighted by molar-refractivity contribution is -0.151. The van der Waals surface area contributed by atoms with E-state index in [-0.39, 0.29) is 29.2 Å². The van der Waals surface area contributed by atoms with Crippen LogP contribution in [-0.4, -0.2) is 31.5 Å². The van der Waals surface area contributed by atoms with E-state index in [4.69, 9.17) is 0 Å². The van der Waals surface area contributed by atoms with Crippen LogP contribution in [0.2, 0.25) is 0 Å². The maximum Gasteiger partial charge on any atom is 0.161 e. The van der Waals surface area contributed by atoms with Gasteiger partial charge in [-0.05, 0) is 99.2 Å². The first-order chi connectivity index (χ1) is 16.5. The lowest BCUT2D eigenvalue weighted by atomic mass is 9.44. The van der Waals surface area contributed by atoms with Gasteiger partial charge in [-0.2, -0.15) is 0 Å². The largest absolute Gasteiger partial charge is 0.390 e. The number of fused-ring (bicyclic) bond motifs is 6. The van der Waals surface area contributed by atoms with Gasteiger partial charge in [-0.15, -0.1) is 5.10 Å². The van der Waals surface area contributed by atoms with Crippen molar-refractivity contribution in [1.29, 1.82) is 0 Å². The third kappa shape index (κ3) is 3.51. The second-order valence-corrected chi connectivity index (χ2v) is 13.0. The molecule has 0 saturated heterocycles. The highest BCUT2D eigenvalue weighted by molar-refractivity contribution is 5.84. The van der Waals surface area contributed by atoms with Crippen molar-refractivity contribution in [3.05, 3.63) is 23.8 Å². The molecule has 190 valence electrons. The molecule has 0 bridgehead atoms. The first-order valence-corrected chi connectivity index (χ1v) is 13.5. The van der Waals surface area contributed by atoms with E-state index in [1.54, 1.807) is 0 Å². The van der Waals surface area contributed by atoms with E-state index in [2.05, 4.69) is 24.2 Å². The van der Waals surface area contributed by atoms with E-state index in [1.165, 1.54) is 17.5 Å². The number of hydrogen-bond donors (Lipinski definition) is 1. The van der Waals surface area contributed by atoms with Gasteiger partial charge in [0, 0.05) is 18.1 Å². The molecule has 4 aliphatic carbocycles. The zero-order valence-corrected chi connectivity index (χ0v) is 21.1. The quantitative estimate of drug-likeness (QED) is 0.607. The van der Waals surface area contributed by atoms with Crippen LogP contribution < -0.4 is 0 Å². The van der Waals surface area contributed by atoms with Gasteiger partial charge in [0.15, 0.2) is 17.4 Å². The fraction of sp³-hybridized carbons (Fsp3) is 0.750. The van der Waals surface area contributed by atoms with E-state index in [0.29, 0.717) is 34.6 Å². The molecule has 7 heteroatoms. The predicted octanol–water partition coefficient (Wildman–Crippen LogP) is 5.69. The number of nitrogens with zero attached hydrogens (tertiary/aromatic N) is 3. The number of ketones is 1. The topological polar surface area (TPSA) is 68.0 Å². The van der Waals surface area contributed by atoms with Gasteiger partial charge < -0.3 is 5.11 Å². The SMILES string of the molecule is C[C@@]1(O)CC[C@@]2(C)[C@@H](CC[C@@H]3[C@@H]2CC[C@]2(C)[C@@H](C(=O)Cn4nnc5cc(F)c(F)cc54)CC[C@@H]32)C1. The molecule has 2 aromatic rings. The van der Waals surface area contributed by atoms with Crippen LogP contribution in [0.4, 0.5) is 8.78 Å². The minimum absolute atomic E-state index is 0.0185. The summed E-state index contributed by atoms with van der Waals surface area (Å²) in [6, 6.07) is 2.12. The third-order valence-corrected chi connectivity index (χ3v) is 11.2. The monoisotopic (exact) mass is 485 g/mol. The molecule has 5 nitrogen and oxygen atoms in total. The van der Waals surface area contributed by atoms with Crippen molar-refractivity contribution in [2.24, 2.45) is 40.4 Å². The Morgan fingerprint density at radius 3 is 2.54 bits per heavy atom. The average Bonchev–Trinajstić information content (AvgIpc) is 3.34. The van der Waals surface area contributed by atoms with Crippen molar-refractivity contribution in [1.82, 2.24) is 15.0 Å². The standard InChI is InChI=1S/C28H37F2N3O2/c1-26(35)10-11-27(2)16(14-26)4-5-17-18-6-7-20(28(18,3)9-8-19(17)27)25(34)15-33-24-13-22(30)21(29)12-23(24)31-32-33/h12-13,16-20,35H,4-11,14-15H2,1-3H3/t16-,17-,18-,19-,20+,26+,27-,28-/m0/s1. The molecule has 0 unspecified atom stereocenters.